The Morgan fingerprint density at radius 1 is 1.50 bits per heavy atom. The van der Waals surface area contributed by atoms with E-state index < -0.39 is 10.0 Å². The fraction of sp³-hybridized carbons (Fsp3) is 0.583. The van der Waals surface area contributed by atoms with E-state index in [2.05, 4.69) is 15.0 Å². The molecule has 18 heavy (non-hydrogen) atoms. The maximum atomic E-state index is 12.3. The Morgan fingerprint density at radius 2 is 2.22 bits per heavy atom. The molecule has 1 heterocycles. The minimum Gasteiger partial charge on any atom is -0.383 e. The Balaban J connectivity index is 2.22. The number of aromatic nitrogens is 1. The van der Waals surface area contributed by atoms with Crippen LogP contribution in [0.15, 0.2) is 23.4 Å². The Hall–Kier alpha value is -1.14. The topological polar surface area (TPSA) is 71.1 Å². The molecule has 1 aromatic heterocycles. The van der Waals surface area contributed by atoms with Gasteiger partial charge in [-0.25, -0.2) is 18.1 Å². The maximum absolute atomic E-state index is 12.3. The summed E-state index contributed by atoms with van der Waals surface area (Å²) in [6, 6.07) is 3.43. The van der Waals surface area contributed by atoms with Crippen molar-refractivity contribution in [3.05, 3.63) is 18.3 Å². The van der Waals surface area contributed by atoms with Gasteiger partial charge in [-0.3, -0.25) is 0 Å². The van der Waals surface area contributed by atoms with E-state index in [9.17, 15) is 8.42 Å². The van der Waals surface area contributed by atoms with Crippen molar-refractivity contribution in [1.82, 2.24) is 9.71 Å². The van der Waals surface area contributed by atoms with Gasteiger partial charge in [0.2, 0.25) is 0 Å². The number of hydrogen-bond donors (Lipinski definition) is 2. The van der Waals surface area contributed by atoms with Gasteiger partial charge in [-0.2, -0.15) is 0 Å². The van der Waals surface area contributed by atoms with Crippen molar-refractivity contribution >= 4 is 15.7 Å². The van der Waals surface area contributed by atoms with Crippen LogP contribution in [0.4, 0.5) is 5.69 Å². The molecule has 5 nitrogen and oxygen atoms in total. The number of anilines is 1. The minimum atomic E-state index is -3.54. The van der Waals surface area contributed by atoms with Crippen LogP contribution in [0.2, 0.25) is 0 Å². The van der Waals surface area contributed by atoms with Crippen LogP contribution in [0.3, 0.4) is 0 Å². The molecular formula is C12H19N3O2S. The summed E-state index contributed by atoms with van der Waals surface area (Å²) in [6.07, 6.45) is 3.70. The van der Waals surface area contributed by atoms with Gasteiger partial charge >= 0.3 is 0 Å². The second kappa shape index (κ2) is 5.24. The summed E-state index contributed by atoms with van der Waals surface area (Å²) in [5.74, 6) is 0.478. The van der Waals surface area contributed by atoms with Gasteiger partial charge in [-0.05, 0) is 44.7 Å². The van der Waals surface area contributed by atoms with Gasteiger partial charge < -0.3 is 5.32 Å². The molecular weight excluding hydrogens is 250 g/mol. The lowest BCUT2D eigenvalue weighted by Gasteiger charge is -2.15. The SMILES string of the molecule is CCNc1cccnc1S(=O)(=O)NC(C)C1CC1. The molecule has 2 rings (SSSR count). The van der Waals surface area contributed by atoms with Crippen LogP contribution in [0.5, 0.6) is 0 Å². The van der Waals surface area contributed by atoms with Gasteiger partial charge in [-0.1, -0.05) is 0 Å². The highest BCUT2D eigenvalue weighted by molar-refractivity contribution is 7.89. The smallest absolute Gasteiger partial charge is 0.260 e. The molecule has 0 radical (unpaired) electrons. The standard InChI is InChI=1S/C12H19N3O2S/c1-3-13-11-5-4-8-14-12(11)18(16,17)15-9(2)10-6-7-10/h4-5,8-10,13,15H,3,6-7H2,1-2H3. The summed E-state index contributed by atoms with van der Waals surface area (Å²) >= 11 is 0. The molecule has 1 saturated carbocycles. The third-order valence-corrected chi connectivity index (χ3v) is 4.58. The van der Waals surface area contributed by atoms with Crippen LogP contribution >= 0.6 is 0 Å². The van der Waals surface area contributed by atoms with Gasteiger partial charge in [0.25, 0.3) is 10.0 Å². The molecule has 2 N–H and O–H groups in total. The molecule has 0 amide bonds. The van der Waals surface area contributed by atoms with Gasteiger partial charge in [-0.15, -0.1) is 0 Å². The number of hydrogen-bond acceptors (Lipinski definition) is 4. The van der Waals surface area contributed by atoms with Crippen LogP contribution in [0.1, 0.15) is 26.7 Å². The second-order valence-electron chi connectivity index (χ2n) is 4.63. The molecule has 0 spiro atoms. The molecule has 1 unspecified atom stereocenters. The Morgan fingerprint density at radius 3 is 2.83 bits per heavy atom. The first-order valence-electron chi connectivity index (χ1n) is 6.26. The molecule has 0 aromatic carbocycles. The van der Waals surface area contributed by atoms with Crippen molar-refractivity contribution in [2.75, 3.05) is 11.9 Å². The molecule has 6 heteroatoms. The highest BCUT2D eigenvalue weighted by Gasteiger charge is 2.32. The minimum absolute atomic E-state index is 0.0218. The van der Waals surface area contributed by atoms with Gasteiger partial charge in [0, 0.05) is 18.8 Å². The van der Waals surface area contributed by atoms with Crippen LogP contribution in [0.25, 0.3) is 0 Å². The first kappa shape index (κ1) is 13.3. The van der Waals surface area contributed by atoms with Crippen molar-refractivity contribution in [3.63, 3.8) is 0 Å². The monoisotopic (exact) mass is 269 g/mol. The number of rotatable bonds is 6. The molecule has 1 atom stereocenters. The van der Waals surface area contributed by atoms with Crippen molar-refractivity contribution in [3.8, 4) is 0 Å². The zero-order chi connectivity index (χ0) is 13.2. The summed E-state index contributed by atoms with van der Waals surface area (Å²) in [7, 11) is -3.54. The van der Waals surface area contributed by atoms with E-state index >= 15 is 0 Å². The van der Waals surface area contributed by atoms with Gasteiger partial charge in [0.15, 0.2) is 5.03 Å². The Labute approximate surface area is 108 Å². The number of sulfonamides is 1. The summed E-state index contributed by atoms with van der Waals surface area (Å²) in [5, 5.41) is 3.10. The van der Waals surface area contributed by atoms with E-state index in [4.69, 9.17) is 0 Å². The molecule has 0 saturated heterocycles. The predicted molar refractivity (Wildman–Crippen MR) is 70.9 cm³/mol. The van der Waals surface area contributed by atoms with Crippen LogP contribution in [-0.2, 0) is 10.0 Å². The number of pyridine rings is 1. The predicted octanol–water partition coefficient (Wildman–Crippen LogP) is 1.59. The number of nitrogens with zero attached hydrogens (tertiary/aromatic N) is 1. The van der Waals surface area contributed by atoms with Crippen LogP contribution < -0.4 is 10.0 Å². The number of nitrogens with one attached hydrogen (secondary N) is 2. The second-order valence-corrected chi connectivity index (χ2v) is 6.26. The van der Waals surface area contributed by atoms with E-state index in [0.29, 0.717) is 18.2 Å². The summed E-state index contributed by atoms with van der Waals surface area (Å²) in [4.78, 5) is 3.99. The van der Waals surface area contributed by atoms with Crippen molar-refractivity contribution in [1.29, 1.82) is 0 Å². The quantitative estimate of drug-likeness (QED) is 0.822. The zero-order valence-electron chi connectivity index (χ0n) is 10.7. The lowest BCUT2D eigenvalue weighted by molar-refractivity contribution is 0.535. The van der Waals surface area contributed by atoms with Gasteiger partial charge in [0.1, 0.15) is 0 Å². The third-order valence-electron chi connectivity index (χ3n) is 3.06. The molecule has 1 aliphatic carbocycles. The summed E-state index contributed by atoms with van der Waals surface area (Å²) < 4.78 is 27.2. The summed E-state index contributed by atoms with van der Waals surface area (Å²) in [6.45, 7) is 4.49. The highest BCUT2D eigenvalue weighted by atomic mass is 32.2. The molecule has 1 aliphatic rings. The molecule has 1 fully saturated rings. The lowest BCUT2D eigenvalue weighted by atomic mass is 10.2. The van der Waals surface area contributed by atoms with Crippen molar-refractivity contribution in [2.45, 2.75) is 37.8 Å². The maximum Gasteiger partial charge on any atom is 0.260 e. The Kier molecular flexibility index (Phi) is 3.87. The van der Waals surface area contributed by atoms with Crippen molar-refractivity contribution < 1.29 is 8.42 Å². The molecule has 1 aromatic rings. The first-order valence-corrected chi connectivity index (χ1v) is 7.74. The fourth-order valence-electron chi connectivity index (χ4n) is 1.92. The van der Waals surface area contributed by atoms with E-state index in [1.54, 1.807) is 12.1 Å². The average molecular weight is 269 g/mol. The summed E-state index contributed by atoms with van der Waals surface area (Å²) in [5.41, 5.74) is 0.551. The first-order chi connectivity index (χ1) is 8.54. The molecule has 0 bridgehead atoms. The molecule has 100 valence electrons. The van der Waals surface area contributed by atoms with Crippen LogP contribution in [0, 0.1) is 5.92 Å². The fourth-order valence-corrected chi connectivity index (χ4v) is 3.35. The average Bonchev–Trinajstić information content (AvgIpc) is 3.13. The molecule has 0 aliphatic heterocycles. The van der Waals surface area contributed by atoms with E-state index in [0.717, 1.165) is 12.8 Å². The van der Waals surface area contributed by atoms with E-state index in [-0.39, 0.29) is 11.1 Å². The van der Waals surface area contributed by atoms with E-state index in [1.165, 1.54) is 6.20 Å². The normalized spacial score (nSPS) is 17.4. The lowest BCUT2D eigenvalue weighted by Crippen LogP contribution is -2.34. The zero-order valence-corrected chi connectivity index (χ0v) is 11.5. The Bertz CT molecular complexity index is 512. The highest BCUT2D eigenvalue weighted by Crippen LogP contribution is 2.33. The van der Waals surface area contributed by atoms with E-state index in [1.807, 2.05) is 13.8 Å². The van der Waals surface area contributed by atoms with Crippen LogP contribution in [-0.4, -0.2) is 26.0 Å². The third kappa shape index (κ3) is 3.00. The van der Waals surface area contributed by atoms with Gasteiger partial charge in [0.05, 0.1) is 5.69 Å². The van der Waals surface area contributed by atoms with Crippen molar-refractivity contribution in [2.24, 2.45) is 5.92 Å². The largest absolute Gasteiger partial charge is 0.383 e.